The second-order valence-electron chi connectivity index (χ2n) is 8.80. The fourth-order valence-electron chi connectivity index (χ4n) is 3.73. The van der Waals surface area contributed by atoms with Crippen molar-refractivity contribution in [1.29, 1.82) is 0 Å². The molecule has 0 aliphatic carbocycles. The summed E-state index contributed by atoms with van der Waals surface area (Å²) in [5.41, 5.74) is 6.69. The van der Waals surface area contributed by atoms with Crippen molar-refractivity contribution >= 4 is 34.8 Å². The maximum absolute atomic E-state index is 5.04. The molecular weight excluding hydrogens is 412 g/mol. The summed E-state index contributed by atoms with van der Waals surface area (Å²) in [6, 6.07) is 29.8. The predicted molar refractivity (Wildman–Crippen MR) is 137 cm³/mol. The zero-order valence-corrected chi connectivity index (χ0v) is 19.8. The van der Waals surface area contributed by atoms with Crippen molar-refractivity contribution in [2.75, 3.05) is 0 Å². The molecule has 0 bridgehead atoms. The quantitative estimate of drug-likeness (QED) is 0.278. The number of hydrogen-bond donors (Lipinski definition) is 0. The van der Waals surface area contributed by atoms with Gasteiger partial charge in [0.05, 0.1) is 24.0 Å². The van der Waals surface area contributed by atoms with E-state index in [0.29, 0.717) is 0 Å². The van der Waals surface area contributed by atoms with Gasteiger partial charge in [0.2, 0.25) is 0 Å². The molecule has 5 rings (SSSR count). The van der Waals surface area contributed by atoms with Crippen molar-refractivity contribution in [2.24, 2.45) is 0 Å². The van der Waals surface area contributed by atoms with E-state index in [1.165, 1.54) is 15.5 Å². The molecule has 0 spiro atoms. The fourth-order valence-corrected chi connectivity index (χ4v) is 5.80. The normalized spacial score (nSPS) is 11.7. The summed E-state index contributed by atoms with van der Waals surface area (Å²) in [4.78, 5) is 9.89. The second-order valence-corrected chi connectivity index (χ2v) is 14.9. The molecule has 0 saturated heterocycles. The minimum atomic E-state index is -1.37. The lowest BCUT2D eigenvalue weighted by atomic mass is 10.00. The van der Waals surface area contributed by atoms with Crippen molar-refractivity contribution in [3.8, 4) is 33.0 Å². The molecule has 2 nitrogen and oxygen atoms in total. The van der Waals surface area contributed by atoms with E-state index in [4.69, 9.17) is 9.97 Å². The SMILES string of the molecule is C[Si](C)(C)c1ccc(-c2cc(-c3ccccc3)c3nc(-c4ccccc4)sc3c2)nc1. The molecule has 0 aliphatic heterocycles. The van der Waals surface area contributed by atoms with Crippen molar-refractivity contribution < 1.29 is 0 Å². The lowest BCUT2D eigenvalue weighted by Gasteiger charge is -2.16. The molecule has 2 heterocycles. The number of fused-ring (bicyclic) bond motifs is 1. The average molecular weight is 437 g/mol. The van der Waals surface area contributed by atoms with Gasteiger partial charge < -0.3 is 0 Å². The van der Waals surface area contributed by atoms with Crippen molar-refractivity contribution in [1.82, 2.24) is 9.97 Å². The van der Waals surface area contributed by atoms with Gasteiger partial charge >= 0.3 is 0 Å². The van der Waals surface area contributed by atoms with E-state index < -0.39 is 8.07 Å². The van der Waals surface area contributed by atoms with Crippen molar-refractivity contribution in [2.45, 2.75) is 19.6 Å². The Morgan fingerprint density at radius 3 is 2.00 bits per heavy atom. The molecule has 5 aromatic rings. The van der Waals surface area contributed by atoms with Crippen LogP contribution >= 0.6 is 11.3 Å². The maximum Gasteiger partial charge on any atom is 0.124 e. The van der Waals surface area contributed by atoms with Crippen LogP contribution in [0.4, 0.5) is 0 Å². The Hall–Kier alpha value is -3.08. The summed E-state index contributed by atoms with van der Waals surface area (Å²) in [5.74, 6) is 0. The van der Waals surface area contributed by atoms with E-state index in [1.807, 2.05) is 6.07 Å². The summed E-state index contributed by atoms with van der Waals surface area (Å²) in [6.07, 6.45) is 2.07. The predicted octanol–water partition coefficient (Wildman–Crippen LogP) is 7.24. The van der Waals surface area contributed by atoms with Gasteiger partial charge in [0, 0.05) is 22.9 Å². The number of thiazole rings is 1. The van der Waals surface area contributed by atoms with Gasteiger partial charge in [0.1, 0.15) is 5.01 Å². The van der Waals surface area contributed by atoms with Crippen LogP contribution in [0, 0.1) is 0 Å². The highest BCUT2D eigenvalue weighted by molar-refractivity contribution is 7.21. The molecule has 0 aliphatic rings. The molecule has 0 unspecified atom stereocenters. The van der Waals surface area contributed by atoms with Crippen LogP contribution in [0.5, 0.6) is 0 Å². The highest BCUT2D eigenvalue weighted by Crippen LogP contribution is 2.38. The van der Waals surface area contributed by atoms with Gasteiger partial charge in [-0.25, -0.2) is 4.98 Å². The number of nitrogens with zero attached hydrogens (tertiary/aromatic N) is 2. The molecule has 0 amide bonds. The second kappa shape index (κ2) is 7.87. The minimum Gasteiger partial charge on any atom is -0.256 e. The Morgan fingerprint density at radius 1 is 0.710 bits per heavy atom. The van der Waals surface area contributed by atoms with Gasteiger partial charge in [-0.15, -0.1) is 11.3 Å². The molecule has 152 valence electrons. The number of pyridine rings is 1. The molecule has 0 radical (unpaired) electrons. The third kappa shape index (κ3) is 3.97. The van der Waals surface area contributed by atoms with E-state index in [-0.39, 0.29) is 0 Å². The number of hydrogen-bond acceptors (Lipinski definition) is 3. The van der Waals surface area contributed by atoms with E-state index in [1.54, 1.807) is 11.3 Å². The highest BCUT2D eigenvalue weighted by atomic mass is 32.1. The molecule has 4 heteroatoms. The molecule has 0 saturated carbocycles. The van der Waals surface area contributed by atoms with Gasteiger partial charge in [-0.2, -0.15) is 0 Å². The maximum atomic E-state index is 5.04. The Bertz CT molecular complexity index is 1340. The Morgan fingerprint density at radius 2 is 1.39 bits per heavy atom. The standard InChI is InChI=1S/C27H24N2SSi/c1-31(2,3)22-14-15-24(28-18-22)21-16-23(19-10-6-4-7-11-19)26-25(17-21)30-27(29-26)20-12-8-5-9-13-20/h4-18H,1-3H3. The van der Waals surface area contributed by atoms with Gasteiger partial charge in [-0.1, -0.05) is 86.4 Å². The fraction of sp³-hybridized carbons (Fsp3) is 0.111. The lowest BCUT2D eigenvalue weighted by Crippen LogP contribution is -2.37. The van der Waals surface area contributed by atoms with Gasteiger partial charge in [-0.3, -0.25) is 4.98 Å². The van der Waals surface area contributed by atoms with Crippen LogP contribution in [0.1, 0.15) is 0 Å². The monoisotopic (exact) mass is 436 g/mol. The number of aromatic nitrogens is 2. The Kier molecular flexibility index (Phi) is 5.04. The molecule has 0 atom stereocenters. The summed E-state index contributed by atoms with van der Waals surface area (Å²) in [5, 5.41) is 2.43. The van der Waals surface area contributed by atoms with Crippen LogP contribution in [0.3, 0.4) is 0 Å². The van der Waals surface area contributed by atoms with Crippen LogP contribution in [-0.4, -0.2) is 18.0 Å². The van der Waals surface area contributed by atoms with Crippen LogP contribution in [0.15, 0.2) is 91.1 Å². The molecule has 3 aromatic carbocycles. The molecule has 31 heavy (non-hydrogen) atoms. The van der Waals surface area contributed by atoms with E-state index in [9.17, 15) is 0 Å². The molecular formula is C27H24N2SSi. The summed E-state index contributed by atoms with van der Waals surface area (Å²) in [7, 11) is -1.37. The van der Waals surface area contributed by atoms with E-state index >= 15 is 0 Å². The molecule has 2 aromatic heterocycles. The van der Waals surface area contributed by atoms with Crippen LogP contribution in [0.2, 0.25) is 19.6 Å². The zero-order valence-electron chi connectivity index (χ0n) is 18.0. The van der Waals surface area contributed by atoms with Crippen molar-refractivity contribution in [3.05, 3.63) is 91.1 Å². The molecule has 0 N–H and O–H groups in total. The third-order valence-corrected chi connectivity index (χ3v) is 8.61. The van der Waals surface area contributed by atoms with Crippen LogP contribution in [-0.2, 0) is 0 Å². The Labute approximate surface area is 188 Å². The van der Waals surface area contributed by atoms with Gasteiger partial charge in [-0.05, 0) is 28.9 Å². The first-order valence-electron chi connectivity index (χ1n) is 10.5. The molecule has 0 fully saturated rings. The first-order valence-corrected chi connectivity index (χ1v) is 14.8. The summed E-state index contributed by atoms with van der Waals surface area (Å²) < 4.78 is 1.19. The average Bonchev–Trinajstić information content (AvgIpc) is 3.23. The number of rotatable bonds is 4. The highest BCUT2D eigenvalue weighted by Gasteiger charge is 2.18. The smallest absolute Gasteiger partial charge is 0.124 e. The first-order chi connectivity index (χ1) is 15.0. The van der Waals surface area contributed by atoms with Gasteiger partial charge in [0.15, 0.2) is 0 Å². The number of benzene rings is 3. The Balaban J connectivity index is 1.69. The third-order valence-electron chi connectivity index (χ3n) is 5.53. The topological polar surface area (TPSA) is 25.8 Å². The van der Waals surface area contributed by atoms with Crippen LogP contribution in [0.25, 0.3) is 43.2 Å². The summed E-state index contributed by atoms with van der Waals surface area (Å²) in [6.45, 7) is 7.06. The minimum absolute atomic E-state index is 1.01. The van der Waals surface area contributed by atoms with Crippen LogP contribution < -0.4 is 5.19 Å². The summed E-state index contributed by atoms with van der Waals surface area (Å²) >= 11 is 1.74. The largest absolute Gasteiger partial charge is 0.256 e. The van der Waals surface area contributed by atoms with Gasteiger partial charge in [0.25, 0.3) is 0 Å². The van der Waals surface area contributed by atoms with E-state index in [0.717, 1.165) is 32.9 Å². The first kappa shape index (κ1) is 19.9. The zero-order chi connectivity index (χ0) is 21.4. The van der Waals surface area contributed by atoms with Crippen molar-refractivity contribution in [3.63, 3.8) is 0 Å². The van der Waals surface area contributed by atoms with E-state index in [2.05, 4.69) is 105 Å². The lowest BCUT2D eigenvalue weighted by molar-refractivity contribution is 1.34.